The number of anilines is 1. The van der Waals surface area contributed by atoms with Crippen LogP contribution in [-0.2, 0) is 39.6 Å². The highest BCUT2D eigenvalue weighted by molar-refractivity contribution is 5.73. The van der Waals surface area contributed by atoms with E-state index in [1.807, 2.05) is 84.7 Å². The van der Waals surface area contributed by atoms with Crippen LogP contribution in [-0.4, -0.2) is 176 Å². The SMILES string of the molecule is CC[C@H]1OC(=O)[C@H](C)C([C@H]2C[C@@](C)(OC)C[C@H](C)O2)[C@H](C)[C@@H](O[C@H]2C[C@@H](N(C)CCc3cn([C@H](CF)[C@H](OC)c4ccc(-c5cnc(N)nc5)cc4)nn3)C[C@@H](C)O2)[C@](C)(O)C[C@@H](C)CN(C)[C@H](C)[C@@H](O)[C@]1(C)O. The summed E-state index contributed by atoms with van der Waals surface area (Å²) in [5, 5.41) is 45.4. The first kappa shape index (κ1) is 59.5. The zero-order chi connectivity index (χ0) is 54.4. The number of aliphatic hydroxyl groups excluding tert-OH is 1. The third-order valence-electron chi connectivity index (χ3n) is 16.7. The van der Waals surface area contributed by atoms with Crippen LogP contribution in [0.15, 0.2) is 42.9 Å². The standard InChI is InChI=1S/C55H89FN8O10/c1-15-45-55(10,68)49(65)37(7)63(12)30-32(2)24-54(9,67)50(35(5)47(36(6)51(66)73-45)44-26-53(8,70-14)25-34(4)71-44)74-46-23-42(22-33(3)72-46)62(11)21-20-41-31-64(61-60-41)43(27-56)48(69-13)39-18-16-38(17-19-39)40-28-58-52(57)59-29-40/h16-19,28-29,31-37,42-50,65,67-68H,15,20-27,30H2,1-14H3,(H2,57,58,59)/t32-,33-,34+,35+,36-,37-,42+,43-,44-,45-,46+,47?,48-,49-,50-,53+,54-,55-/m1/s1. The molecule has 6 rings (SSSR count). The minimum Gasteiger partial charge on any atom is -0.459 e. The van der Waals surface area contributed by atoms with E-state index in [2.05, 4.69) is 46.1 Å². The summed E-state index contributed by atoms with van der Waals surface area (Å²) >= 11 is 0. The maximum Gasteiger partial charge on any atom is 0.309 e. The predicted octanol–water partition coefficient (Wildman–Crippen LogP) is 6.37. The van der Waals surface area contributed by atoms with Crippen molar-refractivity contribution in [3.8, 4) is 11.1 Å². The molecule has 18 atom stereocenters. The largest absolute Gasteiger partial charge is 0.459 e. The molecule has 3 saturated heterocycles. The summed E-state index contributed by atoms with van der Waals surface area (Å²) in [6, 6.07) is 6.36. The zero-order valence-electron chi connectivity index (χ0n) is 46.6. The van der Waals surface area contributed by atoms with Crippen LogP contribution in [0.1, 0.15) is 131 Å². The van der Waals surface area contributed by atoms with Crippen LogP contribution in [0.2, 0.25) is 0 Å². The number of methoxy groups -OCH3 is 2. The van der Waals surface area contributed by atoms with Gasteiger partial charge in [0.05, 0.1) is 47.2 Å². The number of alkyl halides is 1. The van der Waals surface area contributed by atoms with Crippen molar-refractivity contribution in [3.63, 3.8) is 0 Å². The van der Waals surface area contributed by atoms with Crippen LogP contribution in [0.4, 0.5) is 10.3 Å². The van der Waals surface area contributed by atoms with Gasteiger partial charge in [-0.2, -0.15) is 0 Å². The van der Waals surface area contributed by atoms with Gasteiger partial charge in [0.1, 0.15) is 36.6 Å². The molecule has 3 aromatic rings. The molecule has 74 heavy (non-hydrogen) atoms. The number of carbonyl (C=O) groups excluding carboxylic acids is 1. The molecule has 0 spiro atoms. The number of carbonyl (C=O) groups is 1. The van der Waals surface area contributed by atoms with Gasteiger partial charge >= 0.3 is 5.97 Å². The van der Waals surface area contributed by atoms with Gasteiger partial charge in [-0.1, -0.05) is 57.2 Å². The number of hydrogen-bond donors (Lipinski definition) is 4. The molecule has 0 aliphatic carbocycles. The number of hydrogen-bond acceptors (Lipinski definition) is 17. The summed E-state index contributed by atoms with van der Waals surface area (Å²) in [5.41, 5.74) is 5.09. The molecule has 1 aromatic carbocycles. The zero-order valence-corrected chi connectivity index (χ0v) is 46.6. The lowest BCUT2D eigenvalue weighted by Crippen LogP contribution is -2.59. The van der Waals surface area contributed by atoms with Crippen LogP contribution in [0, 0.1) is 23.7 Å². The van der Waals surface area contributed by atoms with E-state index < -0.39 is 96.1 Å². The number of nitrogens with zero attached hydrogens (tertiary/aromatic N) is 7. The van der Waals surface area contributed by atoms with E-state index >= 15 is 0 Å². The molecule has 19 heteroatoms. The predicted molar refractivity (Wildman–Crippen MR) is 279 cm³/mol. The number of benzene rings is 1. The quantitative estimate of drug-likeness (QED) is 0.121. The Morgan fingerprint density at radius 2 is 1.64 bits per heavy atom. The molecular weight excluding hydrogens is 952 g/mol. The van der Waals surface area contributed by atoms with E-state index in [1.165, 1.54) is 6.92 Å². The number of esters is 1. The molecular formula is C55H89FN8O10. The lowest BCUT2D eigenvalue weighted by atomic mass is 9.69. The van der Waals surface area contributed by atoms with Crippen molar-refractivity contribution in [2.75, 3.05) is 53.8 Å². The molecule has 0 saturated carbocycles. The smallest absolute Gasteiger partial charge is 0.309 e. The van der Waals surface area contributed by atoms with Crippen molar-refractivity contribution in [3.05, 3.63) is 54.1 Å². The van der Waals surface area contributed by atoms with Gasteiger partial charge in [0.2, 0.25) is 5.95 Å². The summed E-state index contributed by atoms with van der Waals surface area (Å²) < 4.78 is 55.3. The molecule has 1 unspecified atom stereocenters. The highest BCUT2D eigenvalue weighted by Gasteiger charge is 2.53. The first-order valence-corrected chi connectivity index (χ1v) is 26.8. The first-order chi connectivity index (χ1) is 34.8. The third-order valence-corrected chi connectivity index (χ3v) is 16.7. The van der Waals surface area contributed by atoms with Gasteiger partial charge < -0.3 is 59.3 Å². The molecule has 5 N–H and O–H groups in total. The van der Waals surface area contributed by atoms with E-state index in [-0.39, 0.29) is 36.5 Å². The number of rotatable bonds is 15. The second-order valence-electron chi connectivity index (χ2n) is 22.9. The molecule has 18 nitrogen and oxygen atoms in total. The van der Waals surface area contributed by atoms with Gasteiger partial charge in [0, 0.05) is 95.1 Å². The van der Waals surface area contributed by atoms with Crippen molar-refractivity contribution in [1.82, 2.24) is 34.8 Å². The minimum absolute atomic E-state index is 0.0226. The normalized spacial score (nSPS) is 37.2. The molecule has 3 aliphatic heterocycles. The summed E-state index contributed by atoms with van der Waals surface area (Å²) in [6.45, 7) is 19.4. The first-order valence-electron chi connectivity index (χ1n) is 26.8. The van der Waals surface area contributed by atoms with Crippen molar-refractivity contribution >= 4 is 11.9 Å². The van der Waals surface area contributed by atoms with E-state index in [0.717, 1.165) is 23.1 Å². The monoisotopic (exact) mass is 1040 g/mol. The van der Waals surface area contributed by atoms with E-state index in [1.54, 1.807) is 37.5 Å². The summed E-state index contributed by atoms with van der Waals surface area (Å²) in [4.78, 5) is 27.0. The highest BCUT2D eigenvalue weighted by atomic mass is 19.1. The Labute approximate surface area is 439 Å². The highest BCUT2D eigenvalue weighted by Crippen LogP contribution is 2.45. The van der Waals surface area contributed by atoms with Crippen molar-refractivity contribution in [2.45, 2.75) is 198 Å². The minimum atomic E-state index is -1.77. The average Bonchev–Trinajstić information content (AvgIpc) is 3.83. The molecule has 3 fully saturated rings. The van der Waals surface area contributed by atoms with E-state index in [0.29, 0.717) is 50.9 Å². The van der Waals surface area contributed by atoms with Crippen molar-refractivity contribution in [1.29, 1.82) is 0 Å². The Bertz CT molecular complexity index is 2220. The number of aromatic nitrogens is 5. The van der Waals surface area contributed by atoms with Crippen LogP contribution in [0.3, 0.4) is 0 Å². The summed E-state index contributed by atoms with van der Waals surface area (Å²) in [7, 11) is 7.20. The van der Waals surface area contributed by atoms with Crippen molar-refractivity contribution in [2.24, 2.45) is 23.7 Å². The van der Waals surface area contributed by atoms with Gasteiger partial charge in [0.25, 0.3) is 0 Å². The van der Waals surface area contributed by atoms with Gasteiger partial charge in [-0.3, -0.25) is 4.79 Å². The fourth-order valence-electron chi connectivity index (χ4n) is 12.4. The number of halogens is 1. The fraction of sp³-hybridized carbons (Fsp3) is 0.764. The topological polar surface area (TPSA) is 222 Å². The Kier molecular flexibility index (Phi) is 20.2. The number of aliphatic hydroxyl groups is 3. The van der Waals surface area contributed by atoms with Gasteiger partial charge in [-0.05, 0) is 97.9 Å². The summed E-state index contributed by atoms with van der Waals surface area (Å²) in [5.74, 6) is -2.28. The van der Waals surface area contributed by atoms with Crippen LogP contribution < -0.4 is 5.73 Å². The number of cyclic esters (lactones) is 1. The Morgan fingerprint density at radius 1 is 0.959 bits per heavy atom. The second-order valence-corrected chi connectivity index (χ2v) is 22.9. The Morgan fingerprint density at radius 3 is 2.26 bits per heavy atom. The Balaban J connectivity index is 1.23. The van der Waals surface area contributed by atoms with Gasteiger partial charge in [-0.15, -0.1) is 5.10 Å². The number of nitrogen functional groups attached to an aromatic ring is 1. The average molecular weight is 1040 g/mol. The molecule has 0 radical (unpaired) electrons. The maximum atomic E-state index is 14.9. The van der Waals surface area contributed by atoms with E-state index in [4.69, 9.17) is 34.2 Å². The van der Waals surface area contributed by atoms with Crippen molar-refractivity contribution < 1.29 is 52.9 Å². The Hall–Kier alpha value is -3.76. The summed E-state index contributed by atoms with van der Waals surface area (Å²) in [6.07, 6.45) is 3.25. The lowest BCUT2D eigenvalue weighted by Gasteiger charge is -2.50. The number of nitrogens with two attached hydrogens (primary N) is 1. The van der Waals surface area contributed by atoms with E-state index in [9.17, 15) is 24.5 Å². The fourth-order valence-corrected chi connectivity index (χ4v) is 12.4. The van der Waals surface area contributed by atoms with Gasteiger partial charge in [0.15, 0.2) is 6.29 Å². The third kappa shape index (κ3) is 14.0. The molecule has 0 bridgehead atoms. The van der Waals surface area contributed by atoms with Crippen LogP contribution in [0.5, 0.6) is 0 Å². The molecule has 3 aliphatic rings. The second kappa shape index (κ2) is 25.1. The molecule has 2 aromatic heterocycles. The van der Waals surface area contributed by atoms with Crippen LogP contribution >= 0.6 is 0 Å². The van der Waals surface area contributed by atoms with Crippen LogP contribution in [0.25, 0.3) is 11.1 Å². The lowest BCUT2D eigenvalue weighted by molar-refractivity contribution is -0.271. The number of ether oxygens (including phenoxy) is 6. The number of likely N-dealkylation sites (N-methyl/N-ethyl adjacent to an activating group) is 2. The molecule has 416 valence electrons. The maximum absolute atomic E-state index is 14.9. The van der Waals surface area contributed by atoms with Gasteiger partial charge in [-0.25, -0.2) is 19.0 Å². The molecule has 5 heterocycles. The molecule has 0 amide bonds.